The lowest BCUT2D eigenvalue weighted by Gasteiger charge is -1.98. The van der Waals surface area contributed by atoms with Crippen LogP contribution in [0.5, 0.6) is 11.5 Å². The molecule has 0 bridgehead atoms. The van der Waals surface area contributed by atoms with Gasteiger partial charge in [-0.1, -0.05) is 6.07 Å². The first-order valence-corrected chi connectivity index (χ1v) is 4.56. The van der Waals surface area contributed by atoms with Crippen LogP contribution >= 0.6 is 0 Å². The van der Waals surface area contributed by atoms with Crippen LogP contribution in [-0.4, -0.2) is 23.4 Å². The van der Waals surface area contributed by atoms with Gasteiger partial charge in [0.25, 0.3) is 5.70 Å². The van der Waals surface area contributed by atoms with Crippen LogP contribution in [0.1, 0.15) is 5.56 Å². The van der Waals surface area contributed by atoms with Gasteiger partial charge in [-0.25, -0.2) is 0 Å². The molecule has 1 aromatic rings. The fourth-order valence-corrected chi connectivity index (χ4v) is 1.35. The number of nitrogens with zero attached hydrogens (tertiary/aromatic N) is 1. The summed E-state index contributed by atoms with van der Waals surface area (Å²) in [5, 5.41) is 19.3. The van der Waals surface area contributed by atoms with Crippen molar-refractivity contribution in [3.05, 3.63) is 39.6 Å². The van der Waals surface area contributed by atoms with Crippen LogP contribution in [0.4, 0.5) is 0 Å². The van der Waals surface area contributed by atoms with E-state index in [1.165, 1.54) is 6.08 Å². The van der Waals surface area contributed by atoms with Gasteiger partial charge >= 0.3 is 0 Å². The van der Waals surface area contributed by atoms with Crippen LogP contribution in [0.2, 0.25) is 0 Å². The molecule has 0 radical (unpaired) electrons. The lowest BCUT2D eigenvalue weighted by molar-refractivity contribution is -0.428. The number of hydrogen-bond donors (Lipinski definition) is 1. The zero-order valence-electron chi connectivity index (χ0n) is 8.25. The van der Waals surface area contributed by atoms with E-state index in [-0.39, 0.29) is 12.5 Å². The third-order valence-electron chi connectivity index (χ3n) is 2.13. The smallest absolute Gasteiger partial charge is 0.271 e. The number of aliphatic hydroxyl groups is 1. The molecule has 6 nitrogen and oxygen atoms in total. The molecule has 84 valence electrons. The summed E-state index contributed by atoms with van der Waals surface area (Å²) < 4.78 is 10.2. The van der Waals surface area contributed by atoms with Crippen molar-refractivity contribution in [3.63, 3.8) is 0 Å². The van der Waals surface area contributed by atoms with Gasteiger partial charge in [-0.3, -0.25) is 10.1 Å². The third kappa shape index (κ3) is 1.96. The average molecular weight is 223 g/mol. The van der Waals surface area contributed by atoms with Gasteiger partial charge in [-0.15, -0.1) is 0 Å². The molecular formula is C10H9NO5. The summed E-state index contributed by atoms with van der Waals surface area (Å²) in [4.78, 5) is 9.87. The first-order valence-electron chi connectivity index (χ1n) is 4.56. The molecule has 1 N–H and O–H groups in total. The van der Waals surface area contributed by atoms with Crippen LogP contribution < -0.4 is 9.47 Å². The molecule has 1 heterocycles. The molecule has 1 aliphatic rings. The van der Waals surface area contributed by atoms with Crippen LogP contribution in [-0.2, 0) is 0 Å². The molecule has 6 heteroatoms. The molecule has 16 heavy (non-hydrogen) atoms. The summed E-state index contributed by atoms with van der Waals surface area (Å²) in [5.74, 6) is 1.16. The number of nitro groups is 1. The normalized spacial score (nSPS) is 13.9. The van der Waals surface area contributed by atoms with Crippen LogP contribution in [0, 0.1) is 10.1 Å². The lowest BCUT2D eigenvalue weighted by Crippen LogP contribution is -2.02. The van der Waals surface area contributed by atoms with Crippen molar-refractivity contribution in [1.82, 2.24) is 0 Å². The van der Waals surface area contributed by atoms with E-state index in [2.05, 4.69) is 0 Å². The molecule has 0 spiro atoms. The fourth-order valence-electron chi connectivity index (χ4n) is 1.35. The van der Waals surface area contributed by atoms with E-state index in [1.807, 2.05) is 0 Å². The van der Waals surface area contributed by atoms with Crippen molar-refractivity contribution in [1.29, 1.82) is 0 Å². The summed E-state index contributed by atoms with van der Waals surface area (Å²) in [6, 6.07) is 4.96. The Morgan fingerprint density at radius 1 is 1.50 bits per heavy atom. The standard InChI is InChI=1S/C10H9NO5/c12-5-8(11(13)14)3-7-1-2-9-10(4-7)16-6-15-9/h1-4,12H,5-6H2/b8-3+. The van der Waals surface area contributed by atoms with E-state index in [4.69, 9.17) is 14.6 Å². The number of rotatable bonds is 3. The second-order valence-electron chi connectivity index (χ2n) is 3.16. The van der Waals surface area contributed by atoms with Gasteiger partial charge in [0.2, 0.25) is 6.79 Å². The van der Waals surface area contributed by atoms with Crippen molar-refractivity contribution in [2.45, 2.75) is 0 Å². The lowest BCUT2D eigenvalue weighted by atomic mass is 10.2. The van der Waals surface area contributed by atoms with Crippen LogP contribution in [0.25, 0.3) is 6.08 Å². The zero-order valence-corrected chi connectivity index (χ0v) is 8.25. The van der Waals surface area contributed by atoms with E-state index in [9.17, 15) is 10.1 Å². The van der Waals surface area contributed by atoms with Gasteiger partial charge in [-0.05, 0) is 17.7 Å². The predicted octanol–water partition coefficient (Wildman–Crippen LogP) is 1.03. The summed E-state index contributed by atoms with van der Waals surface area (Å²) >= 11 is 0. The average Bonchev–Trinajstić information content (AvgIpc) is 2.72. The number of hydrogen-bond acceptors (Lipinski definition) is 5. The molecule has 0 fully saturated rings. The first kappa shape index (κ1) is 10.4. The van der Waals surface area contributed by atoms with E-state index in [0.29, 0.717) is 17.1 Å². The van der Waals surface area contributed by atoms with E-state index in [1.54, 1.807) is 18.2 Å². The highest BCUT2D eigenvalue weighted by atomic mass is 16.7. The van der Waals surface area contributed by atoms with Crippen LogP contribution in [0.3, 0.4) is 0 Å². The molecule has 0 unspecified atom stereocenters. The molecule has 2 rings (SSSR count). The minimum atomic E-state index is -0.620. The molecule has 0 atom stereocenters. The molecule has 0 saturated heterocycles. The maximum Gasteiger partial charge on any atom is 0.271 e. The monoisotopic (exact) mass is 223 g/mol. The van der Waals surface area contributed by atoms with Crippen LogP contribution in [0.15, 0.2) is 23.9 Å². The van der Waals surface area contributed by atoms with Crippen molar-refractivity contribution in [2.24, 2.45) is 0 Å². The quantitative estimate of drug-likeness (QED) is 0.611. The first-order chi connectivity index (χ1) is 7.70. The topological polar surface area (TPSA) is 81.8 Å². The second-order valence-corrected chi connectivity index (χ2v) is 3.16. The van der Waals surface area contributed by atoms with Crippen molar-refractivity contribution in [3.8, 4) is 11.5 Å². The summed E-state index contributed by atoms with van der Waals surface area (Å²) in [5.41, 5.74) is 0.323. The molecule has 1 aliphatic heterocycles. The Bertz CT molecular complexity index is 455. The minimum Gasteiger partial charge on any atom is -0.454 e. The van der Waals surface area contributed by atoms with Gasteiger partial charge in [0, 0.05) is 6.08 Å². The van der Waals surface area contributed by atoms with E-state index >= 15 is 0 Å². The highest BCUT2D eigenvalue weighted by Crippen LogP contribution is 2.33. The Hall–Kier alpha value is -2.08. The third-order valence-corrected chi connectivity index (χ3v) is 2.13. The molecule has 0 saturated carbocycles. The number of fused-ring (bicyclic) bond motifs is 1. The summed E-state index contributed by atoms with van der Waals surface area (Å²) in [6.07, 6.45) is 1.29. The minimum absolute atomic E-state index is 0.157. The van der Waals surface area contributed by atoms with Crippen molar-refractivity contribution >= 4 is 6.08 Å². The number of ether oxygens (including phenoxy) is 2. The Morgan fingerprint density at radius 3 is 2.94 bits per heavy atom. The molecule has 0 amide bonds. The van der Waals surface area contributed by atoms with Crippen molar-refractivity contribution < 1.29 is 19.5 Å². The summed E-state index contributed by atoms with van der Waals surface area (Å²) in [6.45, 7) is -0.452. The van der Waals surface area contributed by atoms with Gasteiger partial charge in [0.05, 0.1) is 4.92 Å². The highest BCUT2D eigenvalue weighted by molar-refractivity contribution is 5.57. The zero-order chi connectivity index (χ0) is 11.5. The maximum absolute atomic E-state index is 10.5. The number of benzene rings is 1. The SMILES string of the molecule is O=[N+]([O-])/C(=C/c1ccc2c(c1)OCO2)CO. The predicted molar refractivity (Wildman–Crippen MR) is 54.6 cm³/mol. The molecule has 0 aromatic heterocycles. The molecule has 0 aliphatic carbocycles. The van der Waals surface area contributed by atoms with Gasteiger partial charge < -0.3 is 14.6 Å². The Kier molecular flexibility index (Phi) is 2.74. The Balaban J connectivity index is 2.31. The fraction of sp³-hybridized carbons (Fsp3) is 0.200. The largest absolute Gasteiger partial charge is 0.454 e. The second kappa shape index (κ2) is 4.19. The van der Waals surface area contributed by atoms with E-state index < -0.39 is 11.5 Å². The maximum atomic E-state index is 10.5. The Morgan fingerprint density at radius 2 is 2.25 bits per heavy atom. The Labute approximate surface area is 90.9 Å². The highest BCUT2D eigenvalue weighted by Gasteiger charge is 2.14. The molecule has 1 aromatic carbocycles. The van der Waals surface area contributed by atoms with E-state index in [0.717, 1.165) is 0 Å². The van der Waals surface area contributed by atoms with Gasteiger partial charge in [0.15, 0.2) is 11.5 Å². The number of aliphatic hydroxyl groups excluding tert-OH is 1. The molecular weight excluding hydrogens is 214 g/mol. The van der Waals surface area contributed by atoms with Gasteiger partial charge in [-0.2, -0.15) is 0 Å². The summed E-state index contributed by atoms with van der Waals surface area (Å²) in [7, 11) is 0. The van der Waals surface area contributed by atoms with Gasteiger partial charge in [0.1, 0.15) is 6.61 Å². The van der Waals surface area contributed by atoms with Crippen molar-refractivity contribution in [2.75, 3.05) is 13.4 Å².